The molecule has 0 aromatic carbocycles. The van der Waals surface area contributed by atoms with Crippen LogP contribution in [0.3, 0.4) is 0 Å². The molecule has 0 bridgehead atoms. The number of thiazole rings is 1. The molecule has 1 aliphatic heterocycles. The summed E-state index contributed by atoms with van der Waals surface area (Å²) >= 11 is 0.894. The predicted molar refractivity (Wildman–Crippen MR) is 88.3 cm³/mol. The quantitative estimate of drug-likeness (QED) is 0.0854. The van der Waals surface area contributed by atoms with Crippen molar-refractivity contribution in [3.63, 3.8) is 0 Å². The Hall–Kier alpha value is -1.31. The van der Waals surface area contributed by atoms with Gasteiger partial charge in [-0.1, -0.05) is 5.16 Å². The number of methoxy groups -OCH3 is 1. The number of hydrogen-bond acceptors (Lipinski definition) is 14. The number of carboxylic acids is 1. The first kappa shape index (κ1) is 29.7. The smallest absolute Gasteiger partial charge is 0.731 e. The molecule has 0 radical (unpaired) electrons. The molecule has 0 aliphatic carbocycles. The number of rotatable bonds is 8. The van der Waals surface area contributed by atoms with E-state index in [0.717, 1.165) is 18.4 Å². The minimum atomic E-state index is -5.35. The molecule has 1 fully saturated rings. The van der Waals surface area contributed by atoms with Crippen LogP contribution in [0.15, 0.2) is 10.5 Å². The summed E-state index contributed by atoms with van der Waals surface area (Å²) in [5.41, 5.74) is 4.64. The Kier molecular flexibility index (Phi) is 11.6. The fraction of sp³-hybridized carbons (Fsp3) is 0.333. The fourth-order valence-electron chi connectivity index (χ4n) is 2.17. The van der Waals surface area contributed by atoms with Crippen LogP contribution in [0.1, 0.15) is 5.69 Å². The van der Waals surface area contributed by atoms with Crippen LogP contribution >= 0.6 is 11.3 Å². The van der Waals surface area contributed by atoms with E-state index in [-0.39, 0.29) is 74.2 Å². The summed E-state index contributed by atoms with van der Waals surface area (Å²) in [5, 5.41) is 17.0. The van der Waals surface area contributed by atoms with Crippen molar-refractivity contribution in [1.29, 1.82) is 0 Å². The van der Waals surface area contributed by atoms with Crippen molar-refractivity contribution in [3.05, 3.63) is 11.1 Å². The third kappa shape index (κ3) is 7.09. The molecule has 31 heavy (non-hydrogen) atoms. The van der Waals surface area contributed by atoms with Gasteiger partial charge in [-0.3, -0.25) is 9.59 Å². The average molecular weight is 495 g/mol. The molecule has 2 rings (SSSR count). The van der Waals surface area contributed by atoms with Crippen molar-refractivity contribution >= 4 is 56.2 Å². The molecule has 1 saturated heterocycles. The number of aromatic nitrogens is 1. The van der Waals surface area contributed by atoms with Gasteiger partial charge in [0.05, 0.1) is 13.1 Å². The summed E-state index contributed by atoms with van der Waals surface area (Å²) in [6.45, 7) is -1.02. The molecule has 2 heterocycles. The second-order valence-corrected chi connectivity index (χ2v) is 7.31. The van der Waals surface area contributed by atoms with Crippen LogP contribution in [0.25, 0.3) is 0 Å². The van der Waals surface area contributed by atoms with Crippen LogP contribution in [0.4, 0.5) is 5.13 Å². The normalized spacial score (nSPS) is 18.1. The maximum atomic E-state index is 12.5. The number of amides is 2. The predicted octanol–water partition coefficient (Wildman–Crippen LogP) is -10.5. The van der Waals surface area contributed by atoms with E-state index in [1.54, 1.807) is 0 Å². The number of carbonyl (C=O) groups excluding carboxylic acids is 4. The van der Waals surface area contributed by atoms with Crippen LogP contribution in [-0.2, 0) is 39.1 Å². The number of hydrogen-bond donors (Lipinski definition) is 2. The van der Waals surface area contributed by atoms with Gasteiger partial charge in [0.1, 0.15) is 11.7 Å². The molecule has 1 aromatic heterocycles. The summed E-state index contributed by atoms with van der Waals surface area (Å²) in [5.74, 6) is -5.53. The summed E-state index contributed by atoms with van der Waals surface area (Å²) in [6, 6.07) is -3.72. The van der Waals surface area contributed by atoms with Gasteiger partial charge in [-0.25, -0.2) is 22.5 Å². The molecule has 1 aromatic rings. The number of nitrogens with one attached hydrogen (secondary N) is 1. The standard InChI is InChI=1S/C12H13N5O10S2.2Na/c1-26-11(22)8-7(10(21)17(8)29(23,24)25)15-9(20)6(16-27-2-5(18)19)4-3-28-12(13)14-4;;/h3,7-8H,2H2,1H3,(H2,13,14)(H,15,20)(H,18,19)(H,23,24,25);;/q;2*+1/p-2/b16-6-;;/t7-,8-;;/m0../s1. The first-order chi connectivity index (χ1) is 13.5. The second-order valence-electron chi connectivity index (χ2n) is 5.17. The number of β-lactam (4-membered cyclic amide) rings is 1. The van der Waals surface area contributed by atoms with E-state index in [1.807, 2.05) is 5.32 Å². The van der Waals surface area contributed by atoms with Gasteiger partial charge < -0.3 is 35.1 Å². The van der Waals surface area contributed by atoms with Gasteiger partial charge >= 0.3 is 65.1 Å². The Balaban J connectivity index is 0.00000450. The third-order valence-electron chi connectivity index (χ3n) is 3.34. The minimum absolute atomic E-state index is 0. The SMILES string of the molecule is COC(=O)[C@@H]1[C@H](NC(=O)/C(=N\OCC(=O)[O-])c2csc(N)n2)C(=O)N1S(=O)(=O)[O-].[Na+].[Na+]. The number of anilines is 1. The molecule has 0 saturated carbocycles. The minimum Gasteiger partial charge on any atom is -0.731 e. The van der Waals surface area contributed by atoms with Gasteiger partial charge in [0, 0.05) is 5.38 Å². The molecule has 3 N–H and O–H groups in total. The zero-order valence-electron chi connectivity index (χ0n) is 16.3. The maximum absolute atomic E-state index is 12.5. The van der Waals surface area contributed by atoms with Crippen LogP contribution in [-0.4, -0.2) is 77.5 Å². The number of carbonyl (C=O) groups is 4. The molecule has 1 aliphatic rings. The van der Waals surface area contributed by atoms with Gasteiger partial charge in [0.15, 0.2) is 33.8 Å². The van der Waals surface area contributed by atoms with Crippen LogP contribution in [0.5, 0.6) is 0 Å². The van der Waals surface area contributed by atoms with Crippen LogP contribution < -0.4 is 75.3 Å². The number of esters is 1. The topological polar surface area (TPSA) is 234 Å². The molecule has 0 unspecified atom stereocenters. The van der Waals surface area contributed by atoms with Gasteiger partial charge in [-0.15, -0.1) is 11.3 Å². The van der Waals surface area contributed by atoms with Gasteiger partial charge in [0.2, 0.25) is 0 Å². The monoisotopic (exact) mass is 495 g/mol. The Morgan fingerprint density at radius 2 is 2.00 bits per heavy atom. The molecule has 2 atom stereocenters. The van der Waals surface area contributed by atoms with E-state index in [2.05, 4.69) is 19.7 Å². The zero-order chi connectivity index (χ0) is 21.9. The summed E-state index contributed by atoms with van der Waals surface area (Å²) < 4.78 is 37.5. The van der Waals surface area contributed by atoms with E-state index in [4.69, 9.17) is 5.73 Å². The molecule has 15 nitrogen and oxygen atoms in total. The average Bonchev–Trinajstić information content (AvgIpc) is 3.04. The largest absolute Gasteiger partial charge is 1.00 e. The third-order valence-corrected chi connectivity index (χ3v) is 4.90. The summed E-state index contributed by atoms with van der Waals surface area (Å²) in [6.07, 6.45) is 0. The van der Waals surface area contributed by atoms with E-state index >= 15 is 0 Å². The molecule has 2 amide bonds. The van der Waals surface area contributed by atoms with Crippen molar-refractivity contribution in [2.24, 2.45) is 5.16 Å². The zero-order valence-corrected chi connectivity index (χ0v) is 21.9. The number of nitrogen functional groups attached to an aromatic ring is 1. The van der Waals surface area contributed by atoms with E-state index in [1.165, 1.54) is 5.38 Å². The Labute approximate surface area is 222 Å². The second kappa shape index (κ2) is 12.1. The van der Waals surface area contributed by atoms with E-state index < -0.39 is 58.5 Å². The van der Waals surface area contributed by atoms with E-state index in [9.17, 15) is 37.3 Å². The van der Waals surface area contributed by atoms with Crippen molar-refractivity contribution in [1.82, 2.24) is 14.6 Å². The fourth-order valence-corrected chi connectivity index (χ4v) is 3.53. The van der Waals surface area contributed by atoms with Crippen molar-refractivity contribution in [3.8, 4) is 0 Å². The molecular weight excluding hydrogens is 484 g/mol. The Bertz CT molecular complexity index is 998. The first-order valence-electron chi connectivity index (χ1n) is 7.26. The molecular formula is C12H11N5Na2O10S2. The number of nitrogens with zero attached hydrogens (tertiary/aromatic N) is 3. The Morgan fingerprint density at radius 3 is 2.45 bits per heavy atom. The van der Waals surface area contributed by atoms with Gasteiger partial charge in [-0.2, -0.15) is 0 Å². The summed E-state index contributed by atoms with van der Waals surface area (Å²) in [7, 11) is -4.48. The number of carboxylic acid groups (broad SMARTS) is 1. The van der Waals surface area contributed by atoms with Gasteiger partial charge in [0.25, 0.3) is 11.8 Å². The van der Waals surface area contributed by atoms with E-state index in [0.29, 0.717) is 0 Å². The van der Waals surface area contributed by atoms with Crippen molar-refractivity contribution in [2.45, 2.75) is 12.1 Å². The number of ether oxygens (including phenoxy) is 1. The van der Waals surface area contributed by atoms with Crippen LogP contribution in [0.2, 0.25) is 0 Å². The van der Waals surface area contributed by atoms with Gasteiger partial charge in [-0.05, 0) is 0 Å². The number of oxime groups is 1. The van der Waals surface area contributed by atoms with Crippen LogP contribution in [0, 0.1) is 0 Å². The molecule has 158 valence electrons. The maximum Gasteiger partial charge on any atom is 1.00 e. The van der Waals surface area contributed by atoms with Crippen molar-refractivity contribution in [2.75, 3.05) is 19.5 Å². The first-order valence-corrected chi connectivity index (χ1v) is 9.50. The summed E-state index contributed by atoms with van der Waals surface area (Å²) in [4.78, 5) is 54.8. The molecule has 0 spiro atoms. The number of aliphatic carboxylic acids is 1. The number of nitrogens with two attached hydrogens (primary N) is 1. The Morgan fingerprint density at radius 1 is 1.39 bits per heavy atom. The molecule has 19 heteroatoms. The van der Waals surface area contributed by atoms with Crippen molar-refractivity contribution < 1.29 is 106 Å².